The minimum Gasteiger partial charge on any atom is -0.289 e. The van der Waals surface area contributed by atoms with Gasteiger partial charge in [0.05, 0.1) is 15.8 Å². The maximum absolute atomic E-state index is 13.4. The summed E-state index contributed by atoms with van der Waals surface area (Å²) in [5.74, 6) is -0.907. The number of nitrogens with zero attached hydrogens (tertiary/aromatic N) is 5. The number of amides is 1. The van der Waals surface area contributed by atoms with Crippen molar-refractivity contribution in [1.82, 2.24) is 30.0 Å². The standard InChI is InChI=1S/C12H6FN7O2S/c13-5-1-2-7-8(3-5)23-10-6(4-14-12(22)20(7)10)9(21)15-11-16-18-19-17-11/h1-4H,(H2,15,16,17,18,19,21). The second-order valence-corrected chi connectivity index (χ2v) is 5.54. The number of H-pyrrole nitrogens is 1. The largest absolute Gasteiger partial charge is 0.353 e. The number of tetrazole rings is 1. The Morgan fingerprint density at radius 1 is 1.39 bits per heavy atom. The van der Waals surface area contributed by atoms with Crippen LogP contribution in [0.4, 0.5) is 10.3 Å². The Bertz CT molecular complexity index is 1100. The van der Waals surface area contributed by atoms with Gasteiger partial charge in [-0.05, 0) is 28.6 Å². The van der Waals surface area contributed by atoms with Crippen LogP contribution in [0.1, 0.15) is 10.4 Å². The molecule has 23 heavy (non-hydrogen) atoms. The van der Waals surface area contributed by atoms with E-state index in [2.05, 4.69) is 30.9 Å². The van der Waals surface area contributed by atoms with Crippen LogP contribution in [0, 0.1) is 5.82 Å². The summed E-state index contributed by atoms with van der Waals surface area (Å²) in [7, 11) is 0. The number of benzene rings is 1. The number of nitrogens with one attached hydrogen (secondary N) is 2. The second kappa shape index (κ2) is 4.91. The van der Waals surface area contributed by atoms with E-state index in [0.717, 1.165) is 11.3 Å². The number of anilines is 1. The van der Waals surface area contributed by atoms with Gasteiger partial charge in [0.1, 0.15) is 10.6 Å². The van der Waals surface area contributed by atoms with E-state index < -0.39 is 17.4 Å². The Morgan fingerprint density at radius 2 is 2.26 bits per heavy atom. The SMILES string of the molecule is O=C(Nc1nnn[nH]1)c1cnc(=O)n2c1sc1cc(F)ccc12. The highest BCUT2D eigenvalue weighted by Crippen LogP contribution is 2.27. The molecule has 4 aromatic rings. The first-order valence-corrected chi connectivity index (χ1v) is 7.10. The summed E-state index contributed by atoms with van der Waals surface area (Å²) in [4.78, 5) is 28.4. The van der Waals surface area contributed by atoms with Crippen molar-refractivity contribution in [1.29, 1.82) is 0 Å². The summed E-state index contributed by atoms with van der Waals surface area (Å²) in [6, 6.07) is 4.02. The molecule has 0 aliphatic carbocycles. The summed E-state index contributed by atoms with van der Waals surface area (Å²) in [5, 5.41) is 15.1. The minimum absolute atomic E-state index is 0.0616. The van der Waals surface area contributed by atoms with Crippen molar-refractivity contribution in [2.75, 3.05) is 5.32 Å². The van der Waals surface area contributed by atoms with Gasteiger partial charge in [0, 0.05) is 6.20 Å². The molecule has 0 bridgehead atoms. The first kappa shape index (κ1) is 13.5. The Morgan fingerprint density at radius 3 is 3.04 bits per heavy atom. The van der Waals surface area contributed by atoms with E-state index in [0.29, 0.717) is 15.0 Å². The van der Waals surface area contributed by atoms with Gasteiger partial charge in [-0.25, -0.2) is 23.7 Å². The first-order chi connectivity index (χ1) is 11.1. The number of aromatic nitrogens is 6. The molecule has 0 unspecified atom stereocenters. The van der Waals surface area contributed by atoms with Crippen LogP contribution in [0.2, 0.25) is 0 Å². The van der Waals surface area contributed by atoms with Gasteiger partial charge >= 0.3 is 5.69 Å². The predicted molar refractivity (Wildman–Crippen MR) is 78.9 cm³/mol. The smallest absolute Gasteiger partial charge is 0.289 e. The van der Waals surface area contributed by atoms with Crippen molar-refractivity contribution in [3.05, 3.63) is 46.3 Å². The van der Waals surface area contributed by atoms with Gasteiger partial charge in [-0.15, -0.1) is 11.3 Å². The summed E-state index contributed by atoms with van der Waals surface area (Å²) < 4.78 is 15.2. The minimum atomic E-state index is -0.546. The van der Waals surface area contributed by atoms with Crippen molar-refractivity contribution in [2.24, 2.45) is 0 Å². The van der Waals surface area contributed by atoms with Gasteiger partial charge in [0.2, 0.25) is 5.95 Å². The van der Waals surface area contributed by atoms with Gasteiger partial charge in [-0.3, -0.25) is 10.1 Å². The molecule has 0 saturated carbocycles. The van der Waals surface area contributed by atoms with E-state index in [4.69, 9.17) is 0 Å². The molecule has 11 heteroatoms. The van der Waals surface area contributed by atoms with Crippen LogP contribution in [0.15, 0.2) is 29.2 Å². The third kappa shape index (κ3) is 2.14. The molecule has 0 radical (unpaired) electrons. The number of carbonyl (C=O) groups excluding carboxylic acids is 1. The summed E-state index contributed by atoms with van der Waals surface area (Å²) >= 11 is 1.12. The lowest BCUT2D eigenvalue weighted by atomic mass is 10.3. The van der Waals surface area contributed by atoms with E-state index in [9.17, 15) is 14.0 Å². The molecule has 1 aromatic carbocycles. The average Bonchev–Trinajstić information content (AvgIpc) is 3.14. The molecule has 0 spiro atoms. The van der Waals surface area contributed by atoms with E-state index in [1.54, 1.807) is 0 Å². The van der Waals surface area contributed by atoms with Crippen molar-refractivity contribution in [3.63, 3.8) is 0 Å². The Labute approximate surface area is 129 Å². The van der Waals surface area contributed by atoms with Crippen LogP contribution < -0.4 is 11.0 Å². The zero-order chi connectivity index (χ0) is 16.0. The van der Waals surface area contributed by atoms with Crippen LogP contribution in [0.5, 0.6) is 0 Å². The van der Waals surface area contributed by atoms with Gasteiger partial charge in [-0.2, -0.15) is 0 Å². The molecule has 3 aromatic heterocycles. The third-order valence-corrected chi connectivity index (χ3v) is 4.26. The van der Waals surface area contributed by atoms with Crippen molar-refractivity contribution in [3.8, 4) is 0 Å². The normalized spacial score (nSPS) is 11.2. The van der Waals surface area contributed by atoms with Crippen LogP contribution in [0.3, 0.4) is 0 Å². The number of halogens is 1. The van der Waals surface area contributed by atoms with Gasteiger partial charge in [0.25, 0.3) is 5.91 Å². The number of thiazole rings is 1. The summed E-state index contributed by atoms with van der Waals surface area (Å²) in [5.41, 5.74) is 0.0956. The molecule has 0 fully saturated rings. The van der Waals surface area contributed by atoms with Gasteiger partial charge < -0.3 is 0 Å². The molecule has 114 valence electrons. The Balaban J connectivity index is 1.94. The molecular formula is C12H6FN7O2S. The molecular weight excluding hydrogens is 325 g/mol. The fourth-order valence-electron chi connectivity index (χ4n) is 2.15. The monoisotopic (exact) mass is 331 g/mol. The van der Waals surface area contributed by atoms with Crippen molar-refractivity contribution < 1.29 is 9.18 Å². The zero-order valence-electron chi connectivity index (χ0n) is 11.1. The predicted octanol–water partition coefficient (Wildman–Crippen LogP) is 0.814. The fourth-order valence-corrected chi connectivity index (χ4v) is 3.32. The number of hydrogen-bond donors (Lipinski definition) is 2. The molecule has 4 rings (SSSR count). The molecule has 0 saturated heterocycles. The van der Waals surface area contributed by atoms with Crippen molar-refractivity contribution >= 4 is 38.2 Å². The molecule has 0 aliphatic rings. The second-order valence-electron chi connectivity index (χ2n) is 4.51. The van der Waals surface area contributed by atoms with Gasteiger partial charge in [0.15, 0.2) is 0 Å². The van der Waals surface area contributed by atoms with Crippen LogP contribution in [0.25, 0.3) is 15.0 Å². The van der Waals surface area contributed by atoms with Crippen LogP contribution in [-0.2, 0) is 0 Å². The van der Waals surface area contributed by atoms with Crippen molar-refractivity contribution in [2.45, 2.75) is 0 Å². The van der Waals surface area contributed by atoms with Gasteiger partial charge in [-0.1, -0.05) is 5.10 Å². The highest BCUT2D eigenvalue weighted by atomic mass is 32.1. The zero-order valence-corrected chi connectivity index (χ0v) is 12.0. The topological polar surface area (TPSA) is 118 Å². The van der Waals surface area contributed by atoms with E-state index in [1.165, 1.54) is 28.8 Å². The lowest BCUT2D eigenvalue weighted by molar-refractivity contribution is 0.102. The van der Waals surface area contributed by atoms with Crippen LogP contribution >= 0.6 is 11.3 Å². The number of rotatable bonds is 2. The van der Waals surface area contributed by atoms with E-state index >= 15 is 0 Å². The van der Waals surface area contributed by atoms with E-state index in [1.807, 2.05) is 0 Å². The third-order valence-electron chi connectivity index (χ3n) is 3.12. The summed E-state index contributed by atoms with van der Waals surface area (Å²) in [6.45, 7) is 0. The molecule has 0 atom stereocenters. The molecule has 9 nitrogen and oxygen atoms in total. The molecule has 3 heterocycles. The fraction of sp³-hybridized carbons (Fsp3) is 0. The van der Waals surface area contributed by atoms with Crippen LogP contribution in [-0.4, -0.2) is 35.9 Å². The van der Waals surface area contributed by atoms with E-state index in [-0.39, 0.29) is 11.5 Å². The Kier molecular flexibility index (Phi) is 2.87. The molecule has 0 aliphatic heterocycles. The highest BCUT2D eigenvalue weighted by molar-refractivity contribution is 7.24. The first-order valence-electron chi connectivity index (χ1n) is 6.28. The maximum Gasteiger partial charge on any atom is 0.353 e. The number of aromatic amines is 1. The maximum atomic E-state index is 13.4. The number of carbonyl (C=O) groups is 1. The Hall–Kier alpha value is -3.21. The lowest BCUT2D eigenvalue weighted by Gasteiger charge is -2.02. The average molecular weight is 331 g/mol. The quantitative estimate of drug-likeness (QED) is 0.561. The lowest BCUT2D eigenvalue weighted by Crippen LogP contribution is -2.21. The number of fused-ring (bicyclic) bond motifs is 3. The summed E-state index contributed by atoms with van der Waals surface area (Å²) in [6.07, 6.45) is 1.17. The molecule has 2 N–H and O–H groups in total. The number of hydrogen-bond acceptors (Lipinski definition) is 7. The highest BCUT2D eigenvalue weighted by Gasteiger charge is 2.18. The molecule has 1 amide bonds.